The van der Waals surface area contributed by atoms with E-state index in [1.54, 1.807) is 30.3 Å². The molecule has 1 aliphatic rings. The van der Waals surface area contributed by atoms with Crippen LogP contribution in [0.4, 0.5) is 32.0 Å². The molecule has 3 aromatic rings. The van der Waals surface area contributed by atoms with Gasteiger partial charge in [-0.1, -0.05) is 42.5 Å². The highest BCUT2D eigenvalue weighted by molar-refractivity contribution is 6.05. The molecule has 232 valence electrons. The van der Waals surface area contributed by atoms with Crippen molar-refractivity contribution in [2.75, 3.05) is 5.32 Å². The molecule has 3 aromatic carbocycles. The predicted molar refractivity (Wildman–Crippen MR) is 144 cm³/mol. The Morgan fingerprint density at radius 2 is 1.55 bits per heavy atom. The molecule has 0 bridgehead atoms. The first-order valence-electron chi connectivity index (χ1n) is 13.2. The summed E-state index contributed by atoms with van der Waals surface area (Å²) in [7, 11) is 0. The summed E-state index contributed by atoms with van der Waals surface area (Å²) in [6.45, 7) is 0.174. The van der Waals surface area contributed by atoms with Gasteiger partial charge >= 0.3 is 18.3 Å². The maximum absolute atomic E-state index is 13.4. The van der Waals surface area contributed by atoms with Crippen LogP contribution >= 0.6 is 0 Å². The van der Waals surface area contributed by atoms with Crippen LogP contribution < -0.4 is 10.6 Å². The fraction of sp³-hybridized carbons (Fsp3) is 0.267. The molecule has 44 heavy (non-hydrogen) atoms. The molecule has 1 saturated heterocycles. The normalized spacial score (nSPS) is 16.0. The van der Waals surface area contributed by atoms with Crippen LogP contribution in [0.2, 0.25) is 0 Å². The van der Waals surface area contributed by atoms with Crippen molar-refractivity contribution in [1.29, 1.82) is 0 Å². The Hall–Kier alpha value is -4.88. The van der Waals surface area contributed by atoms with Crippen LogP contribution in [0.1, 0.15) is 45.5 Å². The number of likely N-dealkylation sites (tertiary alicyclic amines) is 1. The van der Waals surface area contributed by atoms with E-state index in [0.29, 0.717) is 5.56 Å². The summed E-state index contributed by atoms with van der Waals surface area (Å²) in [6.07, 6.45) is -9.97. The number of carboxylic acids is 1. The average molecular weight is 622 g/mol. The fourth-order valence-electron chi connectivity index (χ4n) is 4.77. The van der Waals surface area contributed by atoms with E-state index >= 15 is 0 Å². The first-order valence-corrected chi connectivity index (χ1v) is 13.2. The van der Waals surface area contributed by atoms with Gasteiger partial charge in [0.2, 0.25) is 11.8 Å². The molecule has 1 heterocycles. The Balaban J connectivity index is 1.44. The van der Waals surface area contributed by atoms with Crippen molar-refractivity contribution in [3.05, 3.63) is 101 Å². The molecule has 0 unspecified atom stereocenters. The number of benzene rings is 3. The Bertz CT molecular complexity index is 1540. The minimum absolute atomic E-state index is 0.0683. The number of nitrogens with one attached hydrogen (secondary N) is 2. The minimum atomic E-state index is -5.10. The molecular formula is C30H25F6N3O5. The Morgan fingerprint density at radius 3 is 2.14 bits per heavy atom. The monoisotopic (exact) mass is 621 g/mol. The van der Waals surface area contributed by atoms with Gasteiger partial charge in [0.25, 0.3) is 5.91 Å². The first kappa shape index (κ1) is 32.0. The van der Waals surface area contributed by atoms with Gasteiger partial charge in [0.1, 0.15) is 12.1 Å². The number of hydrogen-bond donors (Lipinski definition) is 3. The van der Waals surface area contributed by atoms with Crippen molar-refractivity contribution in [2.45, 2.75) is 50.2 Å². The van der Waals surface area contributed by atoms with E-state index in [1.165, 1.54) is 29.2 Å². The van der Waals surface area contributed by atoms with Gasteiger partial charge in [-0.2, -0.15) is 26.3 Å². The number of anilines is 1. The predicted octanol–water partition coefficient (Wildman–Crippen LogP) is 5.28. The topological polar surface area (TPSA) is 116 Å². The Morgan fingerprint density at radius 1 is 0.886 bits per heavy atom. The third-order valence-electron chi connectivity index (χ3n) is 6.99. The van der Waals surface area contributed by atoms with Crippen LogP contribution in [0.25, 0.3) is 0 Å². The SMILES string of the molecule is O=C(Nc1ccc(C[C@H](NC(=O)[C@@H]2CCC(=O)N2Cc2ccccc2)C(=O)O)cc1)c1cc(C(F)(F)F)ccc1C(F)(F)F. The van der Waals surface area contributed by atoms with Gasteiger partial charge in [0.15, 0.2) is 0 Å². The van der Waals surface area contributed by atoms with Gasteiger partial charge in [-0.15, -0.1) is 0 Å². The molecule has 0 aliphatic carbocycles. The molecule has 0 saturated carbocycles. The highest BCUT2D eigenvalue weighted by Gasteiger charge is 2.39. The Kier molecular flexibility index (Phi) is 9.30. The molecule has 3 amide bonds. The third-order valence-corrected chi connectivity index (χ3v) is 6.99. The van der Waals surface area contributed by atoms with E-state index in [-0.39, 0.29) is 55.6 Å². The van der Waals surface area contributed by atoms with Crippen LogP contribution in [0.15, 0.2) is 72.8 Å². The molecule has 0 aromatic heterocycles. The molecule has 8 nitrogen and oxygen atoms in total. The Labute approximate surface area is 246 Å². The van der Waals surface area contributed by atoms with E-state index in [4.69, 9.17) is 0 Å². The fourth-order valence-corrected chi connectivity index (χ4v) is 4.77. The van der Waals surface area contributed by atoms with Gasteiger partial charge < -0.3 is 20.6 Å². The van der Waals surface area contributed by atoms with Crippen molar-refractivity contribution < 1.29 is 50.6 Å². The van der Waals surface area contributed by atoms with E-state index < -0.39 is 58.9 Å². The molecule has 4 rings (SSSR count). The number of amides is 3. The van der Waals surface area contributed by atoms with Crippen molar-refractivity contribution >= 4 is 29.4 Å². The highest BCUT2D eigenvalue weighted by atomic mass is 19.4. The lowest BCUT2D eigenvalue weighted by atomic mass is 10.0. The summed E-state index contributed by atoms with van der Waals surface area (Å²) in [6, 6.07) is 12.4. The molecule has 0 radical (unpaired) electrons. The molecule has 0 spiro atoms. The first-order chi connectivity index (χ1) is 20.6. The number of nitrogens with zero attached hydrogens (tertiary/aromatic N) is 1. The standard InChI is InChI=1S/C30H25F6N3O5/c31-29(32,33)19-8-11-22(30(34,35)36)21(15-19)26(41)37-20-9-6-17(7-10-20)14-23(28(43)44)38-27(42)24-12-13-25(40)39(24)16-18-4-2-1-3-5-18/h1-11,15,23-24H,12-14,16H2,(H,37,41)(H,38,42)(H,43,44)/t23-,24-/m0/s1. The number of aliphatic carboxylic acids is 1. The summed E-state index contributed by atoms with van der Waals surface area (Å²) in [5.74, 6) is -3.69. The van der Waals surface area contributed by atoms with Crippen LogP contribution in [-0.4, -0.2) is 45.8 Å². The zero-order chi connectivity index (χ0) is 32.2. The zero-order valence-electron chi connectivity index (χ0n) is 22.7. The van der Waals surface area contributed by atoms with Crippen LogP contribution in [-0.2, 0) is 39.7 Å². The molecule has 1 fully saturated rings. The largest absolute Gasteiger partial charge is 0.480 e. The molecule has 14 heteroatoms. The van der Waals surface area contributed by atoms with Crippen LogP contribution in [0.5, 0.6) is 0 Å². The molecular weight excluding hydrogens is 596 g/mol. The average Bonchev–Trinajstić information content (AvgIpc) is 3.32. The van der Waals surface area contributed by atoms with Gasteiger partial charge in [-0.25, -0.2) is 4.79 Å². The number of carbonyl (C=O) groups excluding carboxylic acids is 3. The van der Waals surface area contributed by atoms with Gasteiger partial charge in [-0.3, -0.25) is 14.4 Å². The highest BCUT2D eigenvalue weighted by Crippen LogP contribution is 2.37. The second-order valence-corrected chi connectivity index (χ2v) is 10.1. The van der Waals surface area contributed by atoms with Gasteiger partial charge in [0.05, 0.1) is 16.7 Å². The van der Waals surface area contributed by atoms with E-state index in [0.717, 1.165) is 5.56 Å². The smallest absolute Gasteiger partial charge is 0.417 e. The lowest BCUT2D eigenvalue weighted by Gasteiger charge is -2.26. The molecule has 1 aliphatic heterocycles. The lowest BCUT2D eigenvalue weighted by Crippen LogP contribution is -2.50. The number of alkyl halides is 6. The number of rotatable bonds is 9. The van der Waals surface area contributed by atoms with Crippen molar-refractivity contribution in [3.8, 4) is 0 Å². The molecule has 3 N–H and O–H groups in total. The summed E-state index contributed by atoms with van der Waals surface area (Å²) in [5, 5.41) is 14.3. The summed E-state index contributed by atoms with van der Waals surface area (Å²) >= 11 is 0. The second kappa shape index (κ2) is 12.8. The van der Waals surface area contributed by atoms with E-state index in [9.17, 15) is 50.6 Å². The quantitative estimate of drug-likeness (QED) is 0.282. The third kappa shape index (κ3) is 7.74. The zero-order valence-corrected chi connectivity index (χ0v) is 22.7. The van der Waals surface area contributed by atoms with Crippen LogP contribution in [0, 0.1) is 0 Å². The summed E-state index contributed by atoms with van der Waals surface area (Å²) in [5.41, 5.74) is -3.12. The molecule has 2 atom stereocenters. The number of halogens is 6. The number of carbonyl (C=O) groups is 4. The second-order valence-electron chi connectivity index (χ2n) is 10.1. The van der Waals surface area contributed by atoms with Crippen LogP contribution in [0.3, 0.4) is 0 Å². The van der Waals surface area contributed by atoms with Crippen molar-refractivity contribution in [3.63, 3.8) is 0 Å². The summed E-state index contributed by atoms with van der Waals surface area (Å²) < 4.78 is 79.4. The van der Waals surface area contributed by atoms with Crippen molar-refractivity contribution in [2.24, 2.45) is 0 Å². The summed E-state index contributed by atoms with van der Waals surface area (Å²) in [4.78, 5) is 51.4. The maximum atomic E-state index is 13.4. The van der Waals surface area contributed by atoms with Gasteiger partial charge in [-0.05, 0) is 47.9 Å². The lowest BCUT2D eigenvalue weighted by molar-refractivity contribution is -0.143. The number of hydrogen-bond acceptors (Lipinski definition) is 4. The van der Waals surface area contributed by atoms with Crippen molar-refractivity contribution in [1.82, 2.24) is 10.2 Å². The van der Waals surface area contributed by atoms with E-state index in [1.807, 2.05) is 0 Å². The van der Waals surface area contributed by atoms with E-state index in [2.05, 4.69) is 10.6 Å². The number of carboxylic acid groups (broad SMARTS) is 1. The maximum Gasteiger partial charge on any atom is 0.417 e. The minimum Gasteiger partial charge on any atom is -0.480 e. The van der Waals surface area contributed by atoms with Gasteiger partial charge in [0, 0.05) is 25.1 Å².